The Kier molecular flexibility index (Phi) is 6.38. The van der Waals surface area contributed by atoms with Crippen molar-refractivity contribution in [3.05, 3.63) is 64.2 Å². The van der Waals surface area contributed by atoms with Crippen LogP contribution in [0.1, 0.15) is 35.6 Å². The van der Waals surface area contributed by atoms with Crippen LogP contribution in [0.4, 0.5) is 13.2 Å². The Labute approximate surface area is 190 Å². The summed E-state index contributed by atoms with van der Waals surface area (Å²) in [6.45, 7) is 5.70. The van der Waals surface area contributed by atoms with Crippen LogP contribution in [-0.4, -0.2) is 42.2 Å². The predicted molar refractivity (Wildman–Crippen MR) is 117 cm³/mol. The van der Waals surface area contributed by atoms with Gasteiger partial charge in [-0.3, -0.25) is 9.69 Å². The first-order valence-electron chi connectivity index (χ1n) is 10.8. The molecule has 2 heterocycles. The molecule has 0 atom stereocenters. The highest BCUT2D eigenvalue weighted by atomic mass is 19.4. The lowest BCUT2D eigenvalue weighted by Gasteiger charge is -2.37. The number of fused-ring (bicyclic) bond motifs is 1. The van der Waals surface area contributed by atoms with E-state index < -0.39 is 17.7 Å². The van der Waals surface area contributed by atoms with Gasteiger partial charge < -0.3 is 14.6 Å². The first-order chi connectivity index (χ1) is 15.6. The third kappa shape index (κ3) is 5.16. The first kappa shape index (κ1) is 23.2. The van der Waals surface area contributed by atoms with Crippen LogP contribution in [0.5, 0.6) is 11.5 Å². The zero-order chi connectivity index (χ0) is 23.8. The number of allylic oxidation sites excluding steroid dienone is 1. The molecule has 2 aromatic rings. The number of aliphatic carboxylic acids is 1. The predicted octanol–water partition coefficient (Wildman–Crippen LogP) is 5.17. The molecule has 33 heavy (non-hydrogen) atoms. The van der Waals surface area contributed by atoms with Gasteiger partial charge in [0.1, 0.15) is 18.1 Å². The van der Waals surface area contributed by atoms with E-state index in [1.165, 1.54) is 11.6 Å². The van der Waals surface area contributed by atoms with Crippen LogP contribution in [0, 0.1) is 12.8 Å². The number of halogens is 3. The number of nitrogens with zero attached hydrogens (tertiary/aromatic N) is 1. The maximum absolute atomic E-state index is 13.4. The number of rotatable bonds is 6. The minimum Gasteiger partial charge on any atom is -0.492 e. The summed E-state index contributed by atoms with van der Waals surface area (Å²) in [5.74, 6) is 0.0102. The average molecular weight is 461 g/mol. The average Bonchev–Trinajstić information content (AvgIpc) is 2.87. The number of aryl methyl sites for hydroxylation is 1. The molecule has 0 aromatic heterocycles. The van der Waals surface area contributed by atoms with Crippen molar-refractivity contribution in [2.24, 2.45) is 5.92 Å². The number of likely N-dealkylation sites (tertiary alicyclic amines) is 1. The molecular formula is C25H26F3NO4. The number of hydrogen-bond acceptors (Lipinski definition) is 4. The lowest BCUT2D eigenvalue weighted by atomic mass is 9.95. The molecule has 1 saturated heterocycles. The van der Waals surface area contributed by atoms with Crippen molar-refractivity contribution < 1.29 is 32.5 Å². The van der Waals surface area contributed by atoms with Crippen molar-refractivity contribution in [2.75, 3.05) is 26.2 Å². The fourth-order valence-corrected chi connectivity index (χ4v) is 4.25. The number of carboxylic acids is 1. The van der Waals surface area contributed by atoms with Crippen molar-refractivity contribution >= 4 is 11.5 Å². The number of benzene rings is 2. The highest BCUT2D eigenvalue weighted by molar-refractivity contribution is 5.74. The molecule has 2 aliphatic rings. The summed E-state index contributed by atoms with van der Waals surface area (Å²) < 4.78 is 51.7. The van der Waals surface area contributed by atoms with E-state index in [-0.39, 0.29) is 18.1 Å². The second kappa shape index (κ2) is 9.09. The molecule has 5 nitrogen and oxygen atoms in total. The van der Waals surface area contributed by atoms with Gasteiger partial charge in [0.05, 0.1) is 18.1 Å². The number of alkyl halides is 3. The Balaban J connectivity index is 1.48. The Hall–Kier alpha value is -3.00. The highest BCUT2D eigenvalue weighted by Gasteiger charge is 2.34. The maximum Gasteiger partial charge on any atom is 0.416 e. The summed E-state index contributed by atoms with van der Waals surface area (Å²) >= 11 is 0. The van der Waals surface area contributed by atoms with Crippen LogP contribution >= 0.6 is 0 Å². The van der Waals surface area contributed by atoms with Crippen LogP contribution in [0.15, 0.2) is 42.0 Å². The summed E-state index contributed by atoms with van der Waals surface area (Å²) in [6, 6.07) is 9.53. The van der Waals surface area contributed by atoms with E-state index in [2.05, 4.69) is 4.90 Å². The maximum atomic E-state index is 13.4. The number of carbonyl (C=O) groups is 1. The van der Waals surface area contributed by atoms with Crippen LogP contribution in [0.25, 0.3) is 5.57 Å². The highest BCUT2D eigenvalue weighted by Crippen LogP contribution is 2.37. The standard InChI is InChI=1S/C25H26F3NO4/c1-15-3-4-18(22(9-15)25(26,27)28)14-33-20-5-6-21-16(2)17(7-8-32-23(21)10-20)11-29-12-19(13-29)24(30)31/h3-6,9-10,19H,7-8,11-14H2,1-2H3,(H,30,31). The third-order valence-electron chi connectivity index (χ3n) is 6.23. The zero-order valence-electron chi connectivity index (χ0n) is 18.5. The van der Waals surface area contributed by atoms with E-state index >= 15 is 0 Å². The summed E-state index contributed by atoms with van der Waals surface area (Å²) in [5, 5.41) is 9.07. The molecular weight excluding hydrogens is 435 g/mol. The van der Waals surface area contributed by atoms with Crippen LogP contribution in [0.2, 0.25) is 0 Å². The van der Waals surface area contributed by atoms with Gasteiger partial charge in [-0.1, -0.05) is 17.7 Å². The molecule has 1 N–H and O–H groups in total. The fraction of sp³-hybridized carbons (Fsp3) is 0.400. The summed E-state index contributed by atoms with van der Waals surface area (Å²) in [5.41, 5.74) is 3.12. The normalized spacial score (nSPS) is 17.1. The Morgan fingerprint density at radius 2 is 1.94 bits per heavy atom. The molecule has 0 spiro atoms. The fourth-order valence-electron chi connectivity index (χ4n) is 4.25. The van der Waals surface area contributed by atoms with Crippen molar-refractivity contribution in [3.63, 3.8) is 0 Å². The molecule has 1 fully saturated rings. The zero-order valence-corrected chi connectivity index (χ0v) is 18.5. The van der Waals surface area contributed by atoms with Gasteiger partial charge >= 0.3 is 12.1 Å². The molecule has 0 radical (unpaired) electrons. The third-order valence-corrected chi connectivity index (χ3v) is 6.23. The van der Waals surface area contributed by atoms with E-state index in [1.54, 1.807) is 25.1 Å². The van der Waals surface area contributed by atoms with Gasteiger partial charge in [-0.15, -0.1) is 0 Å². The van der Waals surface area contributed by atoms with E-state index in [9.17, 15) is 18.0 Å². The molecule has 8 heteroatoms. The van der Waals surface area contributed by atoms with Crippen molar-refractivity contribution in [3.8, 4) is 11.5 Å². The SMILES string of the molecule is CC1=C(CN2CC(C(=O)O)C2)CCOc2cc(OCc3ccc(C)cc3C(F)(F)F)ccc21. The van der Waals surface area contributed by atoms with Crippen LogP contribution < -0.4 is 9.47 Å². The molecule has 2 aromatic carbocycles. The minimum atomic E-state index is -4.44. The van der Waals surface area contributed by atoms with Crippen molar-refractivity contribution in [1.29, 1.82) is 0 Å². The summed E-state index contributed by atoms with van der Waals surface area (Å²) in [4.78, 5) is 13.1. The molecule has 0 amide bonds. The van der Waals surface area contributed by atoms with Gasteiger partial charge in [0, 0.05) is 43.2 Å². The molecule has 0 unspecified atom stereocenters. The van der Waals surface area contributed by atoms with Gasteiger partial charge in [0.25, 0.3) is 0 Å². The largest absolute Gasteiger partial charge is 0.492 e. The van der Waals surface area contributed by atoms with E-state index in [0.717, 1.165) is 23.6 Å². The number of carboxylic acid groups (broad SMARTS) is 1. The quantitative estimate of drug-likeness (QED) is 0.644. The van der Waals surface area contributed by atoms with Gasteiger partial charge in [-0.05, 0) is 43.2 Å². The van der Waals surface area contributed by atoms with Gasteiger partial charge in [0.15, 0.2) is 0 Å². The van der Waals surface area contributed by atoms with E-state index in [0.29, 0.717) is 43.3 Å². The van der Waals surface area contributed by atoms with Crippen LogP contribution in [-0.2, 0) is 17.6 Å². The second-order valence-electron chi connectivity index (χ2n) is 8.66. The molecule has 0 aliphatic carbocycles. The van der Waals surface area contributed by atoms with Crippen molar-refractivity contribution in [1.82, 2.24) is 4.90 Å². The topological polar surface area (TPSA) is 59.0 Å². The molecule has 176 valence electrons. The van der Waals surface area contributed by atoms with Gasteiger partial charge in [-0.2, -0.15) is 13.2 Å². The lowest BCUT2D eigenvalue weighted by molar-refractivity contribution is -0.147. The Morgan fingerprint density at radius 3 is 2.64 bits per heavy atom. The lowest BCUT2D eigenvalue weighted by Crippen LogP contribution is -2.50. The summed E-state index contributed by atoms with van der Waals surface area (Å²) in [7, 11) is 0. The molecule has 0 saturated carbocycles. The summed E-state index contributed by atoms with van der Waals surface area (Å²) in [6.07, 6.45) is -3.72. The second-order valence-corrected chi connectivity index (χ2v) is 8.66. The van der Waals surface area contributed by atoms with E-state index in [4.69, 9.17) is 14.6 Å². The number of ether oxygens (including phenoxy) is 2. The first-order valence-corrected chi connectivity index (χ1v) is 10.8. The molecule has 2 aliphatic heterocycles. The van der Waals surface area contributed by atoms with E-state index in [1.807, 2.05) is 13.0 Å². The Morgan fingerprint density at radius 1 is 1.18 bits per heavy atom. The number of hydrogen-bond donors (Lipinski definition) is 1. The van der Waals surface area contributed by atoms with Crippen LogP contribution in [0.3, 0.4) is 0 Å². The smallest absolute Gasteiger partial charge is 0.416 e. The molecule has 0 bridgehead atoms. The minimum absolute atomic E-state index is 0.0801. The van der Waals surface area contributed by atoms with Gasteiger partial charge in [-0.25, -0.2) is 0 Å². The molecule has 4 rings (SSSR count). The Bertz CT molecular complexity index is 1090. The monoisotopic (exact) mass is 461 g/mol. The van der Waals surface area contributed by atoms with Gasteiger partial charge in [0.2, 0.25) is 0 Å². The van der Waals surface area contributed by atoms with Crippen molar-refractivity contribution in [2.45, 2.75) is 33.1 Å².